The van der Waals surface area contributed by atoms with E-state index in [1.165, 1.54) is 25.7 Å². The molecule has 1 heterocycles. The number of rotatable bonds is 1. The van der Waals surface area contributed by atoms with Gasteiger partial charge in [-0.15, -0.1) is 0 Å². The fourth-order valence-corrected chi connectivity index (χ4v) is 2.50. The predicted octanol–water partition coefficient (Wildman–Crippen LogP) is 1.68. The van der Waals surface area contributed by atoms with Crippen molar-refractivity contribution in [3.63, 3.8) is 0 Å². The van der Waals surface area contributed by atoms with Crippen LogP contribution in [0.25, 0.3) is 0 Å². The van der Waals surface area contributed by atoms with E-state index in [1.54, 1.807) is 0 Å². The minimum Gasteiger partial charge on any atom is -0.375 e. The van der Waals surface area contributed by atoms with Gasteiger partial charge >= 0.3 is 0 Å². The number of hydrogen-bond acceptors (Lipinski definition) is 2. The van der Waals surface area contributed by atoms with E-state index in [9.17, 15) is 0 Å². The molecule has 2 rings (SSSR count). The van der Waals surface area contributed by atoms with Crippen molar-refractivity contribution in [3.8, 4) is 0 Å². The van der Waals surface area contributed by atoms with Gasteiger partial charge < -0.3 is 10.5 Å². The molecule has 0 amide bonds. The summed E-state index contributed by atoms with van der Waals surface area (Å²) in [7, 11) is 0. The Labute approximate surface area is 74.5 Å². The van der Waals surface area contributed by atoms with E-state index in [4.69, 9.17) is 10.5 Å². The van der Waals surface area contributed by atoms with Crippen molar-refractivity contribution >= 4 is 0 Å². The lowest BCUT2D eigenvalue weighted by molar-refractivity contribution is -0.161. The summed E-state index contributed by atoms with van der Waals surface area (Å²) in [6, 6.07) is 0. The van der Waals surface area contributed by atoms with Gasteiger partial charge in [0.05, 0.1) is 5.60 Å². The van der Waals surface area contributed by atoms with Gasteiger partial charge in [-0.2, -0.15) is 0 Å². The summed E-state index contributed by atoms with van der Waals surface area (Å²) in [5.74, 6) is 0. The van der Waals surface area contributed by atoms with Gasteiger partial charge in [-0.05, 0) is 44.1 Å². The highest BCUT2D eigenvalue weighted by Crippen LogP contribution is 2.48. The maximum absolute atomic E-state index is 5.84. The van der Waals surface area contributed by atoms with Crippen molar-refractivity contribution in [2.45, 2.75) is 44.6 Å². The zero-order valence-electron chi connectivity index (χ0n) is 7.94. The minimum absolute atomic E-state index is 0.256. The molecule has 12 heavy (non-hydrogen) atoms. The van der Waals surface area contributed by atoms with Gasteiger partial charge in [0.25, 0.3) is 0 Å². The molecule has 1 aliphatic heterocycles. The Balaban J connectivity index is 2.03. The third-order valence-electron chi connectivity index (χ3n) is 3.62. The van der Waals surface area contributed by atoms with Gasteiger partial charge in [-0.25, -0.2) is 0 Å². The van der Waals surface area contributed by atoms with Crippen LogP contribution in [-0.2, 0) is 4.74 Å². The summed E-state index contributed by atoms with van der Waals surface area (Å²) in [5, 5.41) is 0. The van der Waals surface area contributed by atoms with Crippen molar-refractivity contribution in [2.75, 3.05) is 13.2 Å². The fourth-order valence-electron chi connectivity index (χ4n) is 2.50. The molecule has 2 heteroatoms. The molecule has 0 aromatic rings. The van der Waals surface area contributed by atoms with Crippen molar-refractivity contribution in [3.05, 3.63) is 0 Å². The first-order valence-corrected chi connectivity index (χ1v) is 5.02. The summed E-state index contributed by atoms with van der Waals surface area (Å²) < 4.78 is 5.84. The molecule has 1 atom stereocenters. The summed E-state index contributed by atoms with van der Waals surface area (Å²) in [6.07, 6.45) is 6.22. The molecule has 1 saturated carbocycles. The number of nitrogens with two attached hydrogens (primary N) is 1. The summed E-state index contributed by atoms with van der Waals surface area (Å²) in [4.78, 5) is 0. The lowest BCUT2D eigenvalue weighted by Gasteiger charge is -2.51. The fraction of sp³-hybridized carbons (Fsp3) is 1.00. The zero-order chi connectivity index (χ0) is 8.66. The molecule has 2 nitrogen and oxygen atoms in total. The van der Waals surface area contributed by atoms with Crippen LogP contribution < -0.4 is 5.73 Å². The van der Waals surface area contributed by atoms with Crippen LogP contribution in [0.4, 0.5) is 0 Å². The summed E-state index contributed by atoms with van der Waals surface area (Å²) in [5.41, 5.74) is 6.40. The topological polar surface area (TPSA) is 35.2 Å². The molecule has 2 fully saturated rings. The molecule has 0 bridgehead atoms. The molecule has 70 valence electrons. The highest BCUT2D eigenvalue weighted by Gasteiger charge is 2.46. The van der Waals surface area contributed by atoms with Crippen LogP contribution >= 0.6 is 0 Å². The standard InChI is InChI=1S/C10H19NO/c1-9(8-11)5-6-12-10(7-9)3-2-4-10/h2-8,11H2,1H3. The smallest absolute Gasteiger partial charge is 0.0688 e. The van der Waals surface area contributed by atoms with E-state index in [0.29, 0.717) is 5.41 Å². The Morgan fingerprint density at radius 2 is 2.08 bits per heavy atom. The van der Waals surface area contributed by atoms with E-state index in [1.807, 2.05) is 0 Å². The van der Waals surface area contributed by atoms with Crippen LogP contribution in [0.2, 0.25) is 0 Å². The maximum Gasteiger partial charge on any atom is 0.0688 e. The Hall–Kier alpha value is -0.0800. The number of ether oxygens (including phenoxy) is 1. The van der Waals surface area contributed by atoms with E-state index >= 15 is 0 Å². The summed E-state index contributed by atoms with van der Waals surface area (Å²) in [6.45, 7) is 4.04. The molecule has 1 aliphatic carbocycles. The minimum atomic E-state index is 0.256. The van der Waals surface area contributed by atoms with Crippen LogP contribution in [-0.4, -0.2) is 18.8 Å². The Morgan fingerprint density at radius 3 is 2.58 bits per heavy atom. The first-order chi connectivity index (χ1) is 5.68. The van der Waals surface area contributed by atoms with E-state index in [0.717, 1.165) is 19.6 Å². The first kappa shape index (κ1) is 8.52. The van der Waals surface area contributed by atoms with Crippen LogP contribution in [0.15, 0.2) is 0 Å². The number of hydrogen-bond donors (Lipinski definition) is 1. The van der Waals surface area contributed by atoms with Crippen molar-refractivity contribution in [2.24, 2.45) is 11.1 Å². The van der Waals surface area contributed by atoms with Gasteiger partial charge in [-0.1, -0.05) is 6.92 Å². The molecule has 2 N–H and O–H groups in total. The third kappa shape index (κ3) is 1.27. The predicted molar refractivity (Wildman–Crippen MR) is 48.9 cm³/mol. The Morgan fingerprint density at radius 1 is 1.33 bits per heavy atom. The molecule has 2 aliphatic rings. The highest BCUT2D eigenvalue weighted by molar-refractivity contribution is 4.98. The van der Waals surface area contributed by atoms with Crippen LogP contribution in [0.1, 0.15) is 39.0 Å². The van der Waals surface area contributed by atoms with E-state index in [2.05, 4.69) is 6.92 Å². The molecular formula is C10H19NO. The monoisotopic (exact) mass is 169 g/mol. The van der Waals surface area contributed by atoms with Crippen molar-refractivity contribution < 1.29 is 4.74 Å². The average Bonchev–Trinajstić information content (AvgIpc) is 2.02. The van der Waals surface area contributed by atoms with Crippen molar-refractivity contribution in [1.82, 2.24) is 0 Å². The first-order valence-electron chi connectivity index (χ1n) is 5.02. The van der Waals surface area contributed by atoms with Crippen LogP contribution in [0.3, 0.4) is 0 Å². The summed E-state index contributed by atoms with van der Waals surface area (Å²) >= 11 is 0. The molecule has 1 unspecified atom stereocenters. The second-order valence-corrected chi connectivity index (χ2v) is 4.83. The van der Waals surface area contributed by atoms with Crippen LogP contribution in [0, 0.1) is 5.41 Å². The maximum atomic E-state index is 5.84. The lowest BCUT2D eigenvalue weighted by Crippen LogP contribution is -2.50. The zero-order valence-corrected chi connectivity index (χ0v) is 7.94. The second kappa shape index (κ2) is 2.71. The molecule has 0 radical (unpaired) electrons. The lowest BCUT2D eigenvalue weighted by atomic mass is 9.66. The second-order valence-electron chi connectivity index (χ2n) is 4.83. The quantitative estimate of drug-likeness (QED) is 0.648. The normalized spacial score (nSPS) is 39.5. The molecule has 1 spiro atoms. The molecule has 0 aromatic heterocycles. The molecular weight excluding hydrogens is 150 g/mol. The average molecular weight is 169 g/mol. The van der Waals surface area contributed by atoms with Gasteiger partial charge in [0.15, 0.2) is 0 Å². The van der Waals surface area contributed by atoms with Gasteiger partial charge in [-0.3, -0.25) is 0 Å². The Bertz CT molecular complexity index is 167. The molecule has 0 aromatic carbocycles. The molecule has 1 saturated heterocycles. The third-order valence-corrected chi connectivity index (χ3v) is 3.62. The van der Waals surface area contributed by atoms with Gasteiger partial charge in [0.1, 0.15) is 0 Å². The SMILES string of the molecule is CC1(CN)CCOC2(CCC2)C1. The largest absolute Gasteiger partial charge is 0.375 e. The van der Waals surface area contributed by atoms with Crippen molar-refractivity contribution in [1.29, 1.82) is 0 Å². The van der Waals surface area contributed by atoms with E-state index in [-0.39, 0.29) is 5.60 Å². The van der Waals surface area contributed by atoms with Crippen LogP contribution in [0.5, 0.6) is 0 Å². The van der Waals surface area contributed by atoms with E-state index < -0.39 is 0 Å². The highest BCUT2D eigenvalue weighted by atomic mass is 16.5. The Kier molecular flexibility index (Phi) is 1.92. The van der Waals surface area contributed by atoms with Gasteiger partial charge in [0.2, 0.25) is 0 Å². The van der Waals surface area contributed by atoms with Gasteiger partial charge in [0, 0.05) is 6.61 Å².